The summed E-state index contributed by atoms with van der Waals surface area (Å²) >= 11 is 0. The average molecular weight is 626 g/mol. The van der Waals surface area contributed by atoms with Crippen LogP contribution in [0, 0.1) is 5.82 Å². The van der Waals surface area contributed by atoms with Gasteiger partial charge in [0.1, 0.15) is 18.4 Å². The van der Waals surface area contributed by atoms with Gasteiger partial charge in [0, 0.05) is 25.1 Å². The molecule has 11 heteroatoms. The predicted octanol–water partition coefficient (Wildman–Crippen LogP) is 4.70. The molecule has 0 radical (unpaired) electrons. The van der Waals surface area contributed by atoms with E-state index in [2.05, 4.69) is 5.32 Å². The first kappa shape index (κ1) is 32.8. The molecule has 44 heavy (non-hydrogen) atoms. The quantitative estimate of drug-likeness (QED) is 0.295. The van der Waals surface area contributed by atoms with Gasteiger partial charge in [0.2, 0.25) is 21.8 Å². The van der Waals surface area contributed by atoms with E-state index in [1.165, 1.54) is 43.4 Å². The van der Waals surface area contributed by atoms with Crippen LogP contribution < -0.4 is 19.1 Å². The topological polar surface area (TPSA) is 105 Å². The second-order valence-electron chi connectivity index (χ2n) is 11.0. The monoisotopic (exact) mass is 625 g/mol. The number of carbonyl (C=O) groups excluding carboxylic acids is 2. The Kier molecular flexibility index (Phi) is 11.2. The highest BCUT2D eigenvalue weighted by molar-refractivity contribution is 7.92. The van der Waals surface area contributed by atoms with E-state index in [4.69, 9.17) is 9.47 Å². The fourth-order valence-corrected chi connectivity index (χ4v) is 6.32. The van der Waals surface area contributed by atoms with Crippen molar-refractivity contribution in [2.45, 2.75) is 57.2 Å². The minimum atomic E-state index is -3.96. The lowest BCUT2D eigenvalue weighted by Gasteiger charge is -2.35. The summed E-state index contributed by atoms with van der Waals surface area (Å²) in [5, 5.41) is 3.16. The number of hydrogen-bond acceptors (Lipinski definition) is 6. The Labute approximate surface area is 259 Å². The summed E-state index contributed by atoms with van der Waals surface area (Å²) in [7, 11) is -1.06. The summed E-state index contributed by atoms with van der Waals surface area (Å²) < 4.78 is 51.5. The van der Waals surface area contributed by atoms with Crippen LogP contribution >= 0.6 is 0 Å². The number of halogens is 1. The van der Waals surface area contributed by atoms with E-state index in [1.807, 2.05) is 30.3 Å². The number of methoxy groups -OCH3 is 2. The Morgan fingerprint density at radius 1 is 0.909 bits per heavy atom. The number of sulfonamides is 1. The summed E-state index contributed by atoms with van der Waals surface area (Å²) in [5.74, 6) is -0.638. The molecule has 1 atom stereocenters. The molecule has 3 aromatic carbocycles. The molecule has 3 aromatic rings. The van der Waals surface area contributed by atoms with Crippen LogP contribution in [0.1, 0.15) is 43.2 Å². The van der Waals surface area contributed by atoms with E-state index in [1.54, 1.807) is 18.2 Å². The van der Waals surface area contributed by atoms with Gasteiger partial charge in [0.25, 0.3) is 0 Å². The van der Waals surface area contributed by atoms with Gasteiger partial charge in [-0.2, -0.15) is 0 Å². The summed E-state index contributed by atoms with van der Waals surface area (Å²) in [4.78, 5) is 29.6. The lowest BCUT2D eigenvalue weighted by atomic mass is 9.94. The maximum atomic E-state index is 14.3. The first-order chi connectivity index (χ1) is 21.1. The Morgan fingerprint density at radius 2 is 1.57 bits per heavy atom. The zero-order chi connectivity index (χ0) is 31.7. The SMILES string of the molecule is COc1ccc(N(CC(=O)N(Cc2ccc(F)cc2)[C@@H](Cc2ccccc2)C(=O)NC2CCCCC2)S(C)(=O)=O)cc1OC. The Balaban J connectivity index is 1.73. The van der Waals surface area contributed by atoms with E-state index >= 15 is 0 Å². The zero-order valence-electron chi connectivity index (χ0n) is 25.4. The highest BCUT2D eigenvalue weighted by Crippen LogP contribution is 2.32. The molecule has 9 nitrogen and oxygen atoms in total. The molecular weight excluding hydrogens is 585 g/mol. The molecule has 236 valence electrons. The number of rotatable bonds is 13. The van der Waals surface area contributed by atoms with Gasteiger partial charge in [0.05, 0.1) is 26.2 Å². The molecule has 0 saturated heterocycles. The number of hydrogen-bond donors (Lipinski definition) is 1. The second-order valence-corrected chi connectivity index (χ2v) is 12.9. The van der Waals surface area contributed by atoms with Gasteiger partial charge in [-0.15, -0.1) is 0 Å². The van der Waals surface area contributed by atoms with Crippen molar-refractivity contribution < 1.29 is 31.9 Å². The van der Waals surface area contributed by atoms with Crippen LogP contribution in [0.4, 0.5) is 10.1 Å². The second kappa shape index (κ2) is 15.1. The average Bonchev–Trinajstić information content (AvgIpc) is 3.02. The molecule has 0 heterocycles. The van der Waals surface area contributed by atoms with Crippen molar-refractivity contribution in [3.05, 3.63) is 89.7 Å². The summed E-state index contributed by atoms with van der Waals surface area (Å²) in [6.07, 6.45) is 6.09. The van der Waals surface area contributed by atoms with Crippen molar-refractivity contribution in [1.82, 2.24) is 10.2 Å². The Morgan fingerprint density at radius 3 is 2.18 bits per heavy atom. The molecule has 1 aliphatic carbocycles. The van der Waals surface area contributed by atoms with Crippen LogP contribution in [-0.4, -0.2) is 64.2 Å². The molecule has 0 bridgehead atoms. The number of anilines is 1. The van der Waals surface area contributed by atoms with Gasteiger partial charge in [-0.25, -0.2) is 12.8 Å². The number of carbonyl (C=O) groups is 2. The molecule has 0 aromatic heterocycles. The maximum Gasteiger partial charge on any atom is 0.244 e. The molecule has 2 amide bonds. The lowest BCUT2D eigenvalue weighted by molar-refractivity contribution is -0.140. The Hall–Kier alpha value is -4.12. The minimum absolute atomic E-state index is 0.00317. The maximum absolute atomic E-state index is 14.3. The van der Waals surface area contributed by atoms with Gasteiger partial charge >= 0.3 is 0 Å². The molecule has 0 unspecified atom stereocenters. The fourth-order valence-electron chi connectivity index (χ4n) is 5.48. The molecule has 0 spiro atoms. The van der Waals surface area contributed by atoms with Gasteiger partial charge in [-0.05, 0) is 48.2 Å². The first-order valence-corrected chi connectivity index (χ1v) is 16.5. The number of nitrogens with one attached hydrogen (secondary N) is 1. The van der Waals surface area contributed by atoms with E-state index in [-0.39, 0.29) is 30.6 Å². The van der Waals surface area contributed by atoms with Crippen LogP contribution in [0.5, 0.6) is 11.5 Å². The third-order valence-corrected chi connectivity index (χ3v) is 8.96. The highest BCUT2D eigenvalue weighted by Gasteiger charge is 2.34. The largest absolute Gasteiger partial charge is 0.493 e. The number of benzene rings is 3. The van der Waals surface area contributed by atoms with Crippen LogP contribution in [-0.2, 0) is 32.6 Å². The van der Waals surface area contributed by atoms with Crippen LogP contribution in [0.2, 0.25) is 0 Å². The molecule has 1 saturated carbocycles. The van der Waals surface area contributed by atoms with Crippen molar-refractivity contribution in [1.29, 1.82) is 0 Å². The predicted molar refractivity (Wildman–Crippen MR) is 168 cm³/mol. The zero-order valence-corrected chi connectivity index (χ0v) is 26.2. The number of nitrogens with zero attached hydrogens (tertiary/aromatic N) is 2. The Bertz CT molecular complexity index is 1510. The third-order valence-electron chi connectivity index (χ3n) is 7.82. The lowest BCUT2D eigenvalue weighted by Crippen LogP contribution is -2.55. The van der Waals surface area contributed by atoms with Gasteiger partial charge < -0.3 is 19.7 Å². The normalized spacial score (nSPS) is 14.4. The minimum Gasteiger partial charge on any atom is -0.493 e. The first-order valence-electron chi connectivity index (χ1n) is 14.7. The van der Waals surface area contributed by atoms with E-state index in [0.29, 0.717) is 17.1 Å². The number of amides is 2. The molecule has 4 rings (SSSR count). The highest BCUT2D eigenvalue weighted by atomic mass is 32.2. The number of ether oxygens (including phenoxy) is 2. The molecule has 1 aliphatic rings. The van der Waals surface area contributed by atoms with Crippen molar-refractivity contribution in [3.63, 3.8) is 0 Å². The standard InChI is InChI=1S/C33H40FN3O6S/c1-42-30-19-18-28(21-31(30)43-2)37(44(3,40)41)23-32(38)36(22-25-14-16-26(34)17-15-25)29(20-24-10-6-4-7-11-24)33(39)35-27-12-8-5-9-13-27/h4,6-7,10-11,14-19,21,27,29H,5,8-9,12-13,20,22-23H2,1-3H3,(H,35,39)/t29-/m0/s1. The van der Waals surface area contributed by atoms with Gasteiger partial charge in [0.15, 0.2) is 11.5 Å². The fraction of sp³-hybridized carbons (Fsp3) is 0.394. The molecule has 0 aliphatic heterocycles. The molecule has 1 fully saturated rings. The molecule has 1 N–H and O–H groups in total. The van der Waals surface area contributed by atoms with E-state index < -0.39 is 34.3 Å². The summed E-state index contributed by atoms with van der Waals surface area (Å²) in [6.45, 7) is -0.601. The van der Waals surface area contributed by atoms with Crippen LogP contribution in [0.3, 0.4) is 0 Å². The molecular formula is C33H40FN3O6S. The summed E-state index contributed by atoms with van der Waals surface area (Å²) in [6, 6.07) is 18.7. The summed E-state index contributed by atoms with van der Waals surface area (Å²) in [5.41, 5.74) is 1.64. The van der Waals surface area contributed by atoms with Crippen molar-refractivity contribution in [2.75, 3.05) is 31.3 Å². The van der Waals surface area contributed by atoms with Crippen molar-refractivity contribution >= 4 is 27.5 Å². The van der Waals surface area contributed by atoms with Crippen LogP contribution in [0.15, 0.2) is 72.8 Å². The smallest absolute Gasteiger partial charge is 0.244 e. The van der Waals surface area contributed by atoms with Crippen LogP contribution in [0.25, 0.3) is 0 Å². The van der Waals surface area contributed by atoms with Crippen molar-refractivity contribution in [3.8, 4) is 11.5 Å². The van der Waals surface area contributed by atoms with Crippen molar-refractivity contribution in [2.24, 2.45) is 0 Å². The van der Waals surface area contributed by atoms with Gasteiger partial charge in [-0.3, -0.25) is 13.9 Å². The third kappa shape index (κ3) is 8.72. The van der Waals surface area contributed by atoms with E-state index in [9.17, 15) is 22.4 Å². The van der Waals surface area contributed by atoms with E-state index in [0.717, 1.165) is 48.2 Å². The van der Waals surface area contributed by atoms with Gasteiger partial charge in [-0.1, -0.05) is 61.7 Å².